The molecule has 0 radical (unpaired) electrons. The van der Waals surface area contributed by atoms with E-state index in [2.05, 4.69) is 10.6 Å². The number of aryl methyl sites for hydroxylation is 1. The van der Waals surface area contributed by atoms with Crippen LogP contribution in [0.15, 0.2) is 27.4 Å². The van der Waals surface area contributed by atoms with E-state index in [0.717, 1.165) is 19.3 Å². The van der Waals surface area contributed by atoms with Gasteiger partial charge in [-0.15, -0.1) is 0 Å². The molecule has 2 N–H and O–H groups in total. The molecular weight excluding hydrogens is 318 g/mol. The molecule has 1 unspecified atom stereocenters. The quantitative estimate of drug-likeness (QED) is 0.885. The summed E-state index contributed by atoms with van der Waals surface area (Å²) in [5, 5.41) is 5.48. The molecule has 0 bridgehead atoms. The number of aromatic nitrogens is 1. The third-order valence-electron chi connectivity index (χ3n) is 4.50. The van der Waals surface area contributed by atoms with E-state index in [1.165, 1.54) is 4.57 Å². The van der Waals surface area contributed by atoms with Crippen LogP contribution in [0, 0.1) is 0 Å². The van der Waals surface area contributed by atoms with Gasteiger partial charge in [-0.05, 0) is 25.0 Å². The summed E-state index contributed by atoms with van der Waals surface area (Å²) < 4.78 is 18.0. The van der Waals surface area contributed by atoms with Gasteiger partial charge in [0, 0.05) is 42.4 Å². The molecule has 0 saturated heterocycles. The lowest BCUT2D eigenvalue weighted by atomic mass is 9.84. The van der Waals surface area contributed by atoms with Gasteiger partial charge in [-0.2, -0.15) is 0 Å². The van der Waals surface area contributed by atoms with Crippen LogP contribution < -0.4 is 16.4 Å². The molecule has 23 heavy (non-hydrogen) atoms. The first-order valence-electron chi connectivity index (χ1n) is 7.39. The first-order valence-corrected chi connectivity index (χ1v) is 8.95. The lowest BCUT2D eigenvalue weighted by molar-refractivity contribution is 0.247. The number of anilines is 1. The Morgan fingerprint density at radius 2 is 2.17 bits per heavy atom. The van der Waals surface area contributed by atoms with Gasteiger partial charge in [0.15, 0.2) is 5.58 Å². The Bertz CT molecular complexity index is 835. The Morgan fingerprint density at radius 1 is 1.43 bits per heavy atom. The highest BCUT2D eigenvalue weighted by Crippen LogP contribution is 2.36. The van der Waals surface area contributed by atoms with Crippen LogP contribution in [0.4, 0.5) is 10.5 Å². The standard InChI is InChI=1S/C15H19N3O4S/c1-18-11-5-4-10(8-12(11)22-14(18)20)17-13(19)16-9-15(23(2)21)6-3-7-15/h4-5,8H,3,6-7,9H2,1-2H3,(H2,16,17,19). The van der Waals surface area contributed by atoms with Gasteiger partial charge < -0.3 is 15.1 Å². The zero-order valence-electron chi connectivity index (χ0n) is 13.0. The van der Waals surface area contributed by atoms with E-state index in [1.54, 1.807) is 31.5 Å². The van der Waals surface area contributed by atoms with Gasteiger partial charge >= 0.3 is 11.8 Å². The molecule has 1 heterocycles. The third kappa shape index (κ3) is 2.90. The monoisotopic (exact) mass is 337 g/mol. The molecule has 0 spiro atoms. The Morgan fingerprint density at radius 3 is 2.78 bits per heavy atom. The van der Waals surface area contributed by atoms with Crippen LogP contribution in [0.5, 0.6) is 0 Å². The van der Waals surface area contributed by atoms with E-state index in [-0.39, 0.29) is 10.8 Å². The maximum absolute atomic E-state index is 12.0. The lowest BCUT2D eigenvalue weighted by Crippen LogP contribution is -2.51. The van der Waals surface area contributed by atoms with Crippen molar-refractivity contribution in [2.75, 3.05) is 18.1 Å². The summed E-state index contributed by atoms with van der Waals surface area (Å²) >= 11 is 0. The molecule has 1 aliphatic carbocycles. The van der Waals surface area contributed by atoms with Crippen molar-refractivity contribution in [3.8, 4) is 0 Å². The Hall–Kier alpha value is -2.09. The molecule has 1 atom stereocenters. The summed E-state index contributed by atoms with van der Waals surface area (Å²) in [7, 11) is 0.663. The van der Waals surface area contributed by atoms with Crippen LogP contribution in [-0.4, -0.2) is 32.4 Å². The summed E-state index contributed by atoms with van der Waals surface area (Å²) in [6, 6.07) is 4.66. The van der Waals surface area contributed by atoms with E-state index in [4.69, 9.17) is 4.42 Å². The van der Waals surface area contributed by atoms with Crippen molar-refractivity contribution in [3.63, 3.8) is 0 Å². The highest BCUT2D eigenvalue weighted by Gasteiger charge is 2.41. The van der Waals surface area contributed by atoms with Gasteiger partial charge in [0.1, 0.15) is 0 Å². The molecule has 1 fully saturated rings. The second-order valence-corrected chi connectivity index (χ2v) is 7.68. The Kier molecular flexibility index (Phi) is 4.01. The maximum Gasteiger partial charge on any atom is 0.419 e. The number of nitrogens with zero attached hydrogens (tertiary/aromatic N) is 1. The Balaban J connectivity index is 1.66. The van der Waals surface area contributed by atoms with E-state index in [1.807, 2.05) is 0 Å². The van der Waals surface area contributed by atoms with Crippen LogP contribution >= 0.6 is 0 Å². The number of amides is 2. The second-order valence-electron chi connectivity index (χ2n) is 5.91. The zero-order valence-corrected chi connectivity index (χ0v) is 13.9. The number of rotatable bonds is 4. The fourth-order valence-electron chi connectivity index (χ4n) is 2.77. The lowest BCUT2D eigenvalue weighted by Gasteiger charge is -2.39. The highest BCUT2D eigenvalue weighted by molar-refractivity contribution is 7.85. The number of nitrogens with one attached hydrogen (secondary N) is 2. The average molecular weight is 337 g/mol. The van der Waals surface area contributed by atoms with Crippen molar-refractivity contribution in [1.82, 2.24) is 9.88 Å². The average Bonchev–Trinajstić information content (AvgIpc) is 2.72. The molecule has 1 aromatic carbocycles. The summed E-state index contributed by atoms with van der Waals surface area (Å²) in [4.78, 5) is 23.5. The van der Waals surface area contributed by atoms with E-state index in [9.17, 15) is 13.8 Å². The Labute approximate surface area is 135 Å². The molecule has 2 aromatic rings. The highest BCUT2D eigenvalue weighted by atomic mass is 32.2. The first-order chi connectivity index (χ1) is 10.9. The van der Waals surface area contributed by atoms with Crippen molar-refractivity contribution in [2.45, 2.75) is 24.0 Å². The molecule has 7 nitrogen and oxygen atoms in total. The van der Waals surface area contributed by atoms with Crippen molar-refractivity contribution in [2.24, 2.45) is 7.05 Å². The van der Waals surface area contributed by atoms with Gasteiger partial charge in [0.2, 0.25) is 0 Å². The number of urea groups is 1. The molecule has 1 aromatic heterocycles. The molecular formula is C15H19N3O4S. The summed E-state index contributed by atoms with van der Waals surface area (Å²) in [5.41, 5.74) is 1.61. The minimum Gasteiger partial charge on any atom is -0.408 e. The van der Waals surface area contributed by atoms with Crippen molar-refractivity contribution in [1.29, 1.82) is 0 Å². The number of hydrogen-bond donors (Lipinski definition) is 2. The van der Waals surface area contributed by atoms with Gasteiger partial charge in [0.05, 0.1) is 10.3 Å². The van der Waals surface area contributed by atoms with Crippen LogP contribution in [0.2, 0.25) is 0 Å². The fraction of sp³-hybridized carbons (Fsp3) is 0.467. The minimum absolute atomic E-state index is 0.284. The SMILES string of the molecule is Cn1c(=O)oc2cc(NC(=O)NCC3(S(C)=O)CCC3)ccc21. The molecule has 1 aliphatic rings. The van der Waals surface area contributed by atoms with Crippen LogP contribution in [0.25, 0.3) is 11.1 Å². The normalized spacial score (nSPS) is 17.5. The first kappa shape index (κ1) is 15.8. The zero-order chi connectivity index (χ0) is 16.6. The number of carbonyl (C=O) groups is 1. The van der Waals surface area contributed by atoms with Crippen molar-refractivity contribution < 1.29 is 13.4 Å². The molecule has 3 rings (SSSR count). The summed E-state index contributed by atoms with van der Waals surface area (Å²) in [6.07, 6.45) is 4.48. The number of fused-ring (bicyclic) bond motifs is 1. The van der Waals surface area contributed by atoms with Crippen LogP contribution in [0.1, 0.15) is 19.3 Å². The van der Waals surface area contributed by atoms with E-state index < -0.39 is 16.6 Å². The molecule has 0 aliphatic heterocycles. The number of benzene rings is 1. The number of oxazole rings is 1. The van der Waals surface area contributed by atoms with Crippen molar-refractivity contribution >= 4 is 33.6 Å². The van der Waals surface area contributed by atoms with Crippen LogP contribution in [-0.2, 0) is 17.8 Å². The molecule has 1 saturated carbocycles. The largest absolute Gasteiger partial charge is 0.419 e. The third-order valence-corrected chi connectivity index (χ3v) is 6.27. The van der Waals surface area contributed by atoms with Crippen molar-refractivity contribution in [3.05, 3.63) is 28.7 Å². The fourth-order valence-corrected chi connectivity index (χ4v) is 3.90. The van der Waals surface area contributed by atoms with E-state index >= 15 is 0 Å². The minimum atomic E-state index is -0.959. The second kappa shape index (κ2) is 5.84. The maximum atomic E-state index is 12.0. The van der Waals surface area contributed by atoms with Gasteiger partial charge in [-0.25, -0.2) is 9.59 Å². The summed E-state index contributed by atoms with van der Waals surface area (Å²) in [6.45, 7) is 0.393. The van der Waals surface area contributed by atoms with Gasteiger partial charge in [0.25, 0.3) is 0 Å². The van der Waals surface area contributed by atoms with Crippen LogP contribution in [0.3, 0.4) is 0 Å². The predicted molar refractivity (Wildman–Crippen MR) is 89.1 cm³/mol. The number of hydrogen-bond acceptors (Lipinski definition) is 4. The van der Waals surface area contributed by atoms with Gasteiger partial charge in [-0.1, -0.05) is 6.42 Å². The summed E-state index contributed by atoms with van der Waals surface area (Å²) in [5.74, 6) is -0.445. The molecule has 2 amide bonds. The topological polar surface area (TPSA) is 93.3 Å². The molecule has 8 heteroatoms. The van der Waals surface area contributed by atoms with E-state index in [0.29, 0.717) is 23.3 Å². The predicted octanol–water partition coefficient (Wildman–Crippen LogP) is 1.55. The number of carbonyl (C=O) groups excluding carboxylic acids is 1. The smallest absolute Gasteiger partial charge is 0.408 e. The molecule has 124 valence electrons. The van der Waals surface area contributed by atoms with Gasteiger partial charge in [-0.3, -0.25) is 8.78 Å².